The van der Waals surface area contributed by atoms with E-state index in [-0.39, 0.29) is 11.9 Å². The van der Waals surface area contributed by atoms with Crippen LogP contribution < -0.4 is 10.2 Å². The lowest BCUT2D eigenvalue weighted by molar-refractivity contribution is -0.111. The minimum Gasteiger partial charge on any atom is -0.356 e. The molecule has 0 unspecified atom stereocenters. The summed E-state index contributed by atoms with van der Waals surface area (Å²) in [6.45, 7) is 4.17. The average Bonchev–Trinajstić information content (AvgIpc) is 2.66. The monoisotopic (exact) mass is 379 g/mol. The van der Waals surface area contributed by atoms with E-state index >= 15 is 0 Å². The van der Waals surface area contributed by atoms with E-state index < -0.39 is 0 Å². The number of pyridine rings is 1. The van der Waals surface area contributed by atoms with Crippen molar-refractivity contribution in [2.75, 3.05) is 17.3 Å². The molecule has 1 amide bonds. The number of para-hydroxylation sites is 1. The first-order chi connectivity index (χ1) is 12.9. The van der Waals surface area contributed by atoms with Gasteiger partial charge in [0.05, 0.1) is 11.2 Å². The van der Waals surface area contributed by atoms with Crippen molar-refractivity contribution in [1.29, 1.82) is 0 Å². The number of anilines is 2. The molecule has 0 spiro atoms. The minimum absolute atomic E-state index is 0.208. The van der Waals surface area contributed by atoms with Crippen LogP contribution in [0.25, 0.3) is 17.0 Å². The molecular formula is C22H22ClN3O. The number of carbonyl (C=O) groups excluding carboxylic acids is 1. The molecule has 1 heterocycles. The Kier molecular flexibility index (Phi) is 5.77. The normalized spacial score (nSPS) is 11.3. The number of nitrogens with one attached hydrogen (secondary N) is 1. The standard InChI is InChI=1S/C22H22ClN3O/c1-15(2)26(3)22-20(14-17-6-4-5-7-19(17)25-22)24-21(27)13-10-16-8-11-18(23)12-9-16/h4-15H,1-3H3,(H,24,27). The predicted octanol–water partition coefficient (Wildman–Crippen LogP) is 5.38. The summed E-state index contributed by atoms with van der Waals surface area (Å²) in [5, 5.41) is 4.61. The smallest absolute Gasteiger partial charge is 0.248 e. The second-order valence-electron chi connectivity index (χ2n) is 6.63. The minimum atomic E-state index is -0.208. The molecular weight excluding hydrogens is 358 g/mol. The van der Waals surface area contributed by atoms with Gasteiger partial charge in [0.1, 0.15) is 0 Å². The van der Waals surface area contributed by atoms with E-state index in [4.69, 9.17) is 16.6 Å². The van der Waals surface area contributed by atoms with Crippen LogP contribution in [0.3, 0.4) is 0 Å². The van der Waals surface area contributed by atoms with Crippen molar-refractivity contribution in [3.63, 3.8) is 0 Å². The van der Waals surface area contributed by atoms with Crippen molar-refractivity contribution in [3.8, 4) is 0 Å². The lowest BCUT2D eigenvalue weighted by Gasteiger charge is -2.25. The van der Waals surface area contributed by atoms with Crippen molar-refractivity contribution >= 4 is 46.0 Å². The van der Waals surface area contributed by atoms with Gasteiger partial charge >= 0.3 is 0 Å². The molecule has 27 heavy (non-hydrogen) atoms. The van der Waals surface area contributed by atoms with Crippen molar-refractivity contribution in [1.82, 2.24) is 4.98 Å². The molecule has 0 aliphatic carbocycles. The topological polar surface area (TPSA) is 45.2 Å². The molecule has 138 valence electrons. The van der Waals surface area contributed by atoms with Crippen LogP contribution in [0.4, 0.5) is 11.5 Å². The molecule has 4 nitrogen and oxygen atoms in total. The number of aromatic nitrogens is 1. The quantitative estimate of drug-likeness (QED) is 0.605. The SMILES string of the molecule is CC(C)N(C)c1nc2ccccc2cc1NC(=O)C=Cc1ccc(Cl)cc1. The van der Waals surface area contributed by atoms with Crippen LogP contribution in [0.1, 0.15) is 19.4 Å². The van der Waals surface area contributed by atoms with Gasteiger partial charge in [-0.25, -0.2) is 4.98 Å². The largest absolute Gasteiger partial charge is 0.356 e. The Hall–Kier alpha value is -2.85. The highest BCUT2D eigenvalue weighted by Gasteiger charge is 2.15. The zero-order chi connectivity index (χ0) is 19.4. The maximum atomic E-state index is 12.5. The second-order valence-corrected chi connectivity index (χ2v) is 7.07. The molecule has 2 aromatic carbocycles. The van der Waals surface area contributed by atoms with E-state index in [0.29, 0.717) is 10.7 Å². The Bertz CT molecular complexity index is 981. The third-order valence-electron chi connectivity index (χ3n) is 4.37. The Morgan fingerprint density at radius 1 is 1.15 bits per heavy atom. The van der Waals surface area contributed by atoms with E-state index in [0.717, 1.165) is 22.3 Å². The number of rotatable bonds is 5. The van der Waals surface area contributed by atoms with E-state index in [2.05, 4.69) is 19.2 Å². The molecule has 0 atom stereocenters. The van der Waals surface area contributed by atoms with Gasteiger partial charge in [-0.15, -0.1) is 0 Å². The van der Waals surface area contributed by atoms with Gasteiger partial charge in [0, 0.05) is 29.6 Å². The van der Waals surface area contributed by atoms with Crippen LogP contribution in [-0.4, -0.2) is 24.0 Å². The van der Waals surface area contributed by atoms with Crippen LogP contribution >= 0.6 is 11.6 Å². The van der Waals surface area contributed by atoms with Crippen molar-refractivity contribution < 1.29 is 4.79 Å². The van der Waals surface area contributed by atoms with Gasteiger partial charge in [0.25, 0.3) is 0 Å². The molecule has 0 aliphatic heterocycles. The fraction of sp³-hybridized carbons (Fsp3) is 0.182. The van der Waals surface area contributed by atoms with E-state index in [1.807, 2.05) is 54.4 Å². The number of hydrogen-bond acceptors (Lipinski definition) is 3. The maximum absolute atomic E-state index is 12.5. The molecule has 0 saturated heterocycles. The Morgan fingerprint density at radius 2 is 1.85 bits per heavy atom. The molecule has 0 radical (unpaired) electrons. The summed E-state index contributed by atoms with van der Waals surface area (Å²) in [5.74, 6) is 0.539. The Labute approximate surface area is 164 Å². The molecule has 1 aromatic heterocycles. The second kappa shape index (κ2) is 8.23. The van der Waals surface area contributed by atoms with E-state index in [1.54, 1.807) is 18.2 Å². The van der Waals surface area contributed by atoms with Gasteiger partial charge < -0.3 is 10.2 Å². The molecule has 3 aromatic rings. The number of amides is 1. The number of fused-ring (bicyclic) bond motifs is 1. The predicted molar refractivity (Wildman–Crippen MR) is 114 cm³/mol. The highest BCUT2D eigenvalue weighted by molar-refractivity contribution is 6.30. The van der Waals surface area contributed by atoms with Gasteiger partial charge in [-0.1, -0.05) is 41.9 Å². The van der Waals surface area contributed by atoms with Crippen molar-refractivity contribution in [3.05, 3.63) is 71.3 Å². The summed E-state index contributed by atoms with van der Waals surface area (Å²) in [6.07, 6.45) is 3.27. The van der Waals surface area contributed by atoms with E-state index in [9.17, 15) is 4.79 Å². The Balaban J connectivity index is 1.88. The highest BCUT2D eigenvalue weighted by Crippen LogP contribution is 2.28. The summed E-state index contributed by atoms with van der Waals surface area (Å²) >= 11 is 5.89. The lowest BCUT2D eigenvalue weighted by Crippen LogP contribution is -2.28. The third kappa shape index (κ3) is 4.66. The number of carbonyl (C=O) groups is 1. The molecule has 0 fully saturated rings. The third-order valence-corrected chi connectivity index (χ3v) is 4.62. The van der Waals surface area contributed by atoms with Gasteiger partial charge in [0.15, 0.2) is 5.82 Å². The lowest BCUT2D eigenvalue weighted by atomic mass is 10.2. The molecule has 1 N–H and O–H groups in total. The number of nitrogens with zero attached hydrogens (tertiary/aromatic N) is 2. The molecule has 3 rings (SSSR count). The number of halogens is 1. The summed E-state index contributed by atoms with van der Waals surface area (Å²) in [6, 6.07) is 17.4. The average molecular weight is 380 g/mol. The highest BCUT2D eigenvalue weighted by atomic mass is 35.5. The summed E-state index contributed by atoms with van der Waals surface area (Å²) < 4.78 is 0. The summed E-state index contributed by atoms with van der Waals surface area (Å²) in [7, 11) is 1.97. The summed E-state index contributed by atoms with van der Waals surface area (Å²) in [4.78, 5) is 19.3. The fourth-order valence-electron chi connectivity index (χ4n) is 2.63. The molecule has 0 aliphatic rings. The summed E-state index contributed by atoms with van der Waals surface area (Å²) in [5.41, 5.74) is 2.50. The molecule has 0 bridgehead atoms. The number of benzene rings is 2. The number of hydrogen-bond donors (Lipinski definition) is 1. The molecule has 5 heteroatoms. The Morgan fingerprint density at radius 3 is 2.56 bits per heavy atom. The molecule has 0 saturated carbocycles. The first-order valence-electron chi connectivity index (χ1n) is 8.81. The zero-order valence-electron chi connectivity index (χ0n) is 15.6. The van der Waals surface area contributed by atoms with Crippen molar-refractivity contribution in [2.45, 2.75) is 19.9 Å². The van der Waals surface area contributed by atoms with Crippen LogP contribution in [0.15, 0.2) is 60.7 Å². The van der Waals surface area contributed by atoms with Gasteiger partial charge in [-0.05, 0) is 49.8 Å². The van der Waals surface area contributed by atoms with Gasteiger partial charge in [0.2, 0.25) is 5.91 Å². The fourth-order valence-corrected chi connectivity index (χ4v) is 2.76. The van der Waals surface area contributed by atoms with Crippen LogP contribution in [-0.2, 0) is 4.79 Å². The van der Waals surface area contributed by atoms with Crippen LogP contribution in [0.2, 0.25) is 5.02 Å². The van der Waals surface area contributed by atoms with E-state index in [1.165, 1.54) is 6.08 Å². The van der Waals surface area contributed by atoms with Gasteiger partial charge in [-0.2, -0.15) is 0 Å². The first kappa shape index (κ1) is 18.9. The zero-order valence-corrected chi connectivity index (χ0v) is 16.4. The maximum Gasteiger partial charge on any atom is 0.248 e. The first-order valence-corrected chi connectivity index (χ1v) is 9.19. The van der Waals surface area contributed by atoms with Crippen LogP contribution in [0.5, 0.6) is 0 Å². The van der Waals surface area contributed by atoms with Crippen molar-refractivity contribution in [2.24, 2.45) is 0 Å². The van der Waals surface area contributed by atoms with Gasteiger partial charge in [-0.3, -0.25) is 4.79 Å². The van der Waals surface area contributed by atoms with Crippen LogP contribution in [0, 0.1) is 0 Å².